The van der Waals surface area contributed by atoms with Crippen LogP contribution in [-0.4, -0.2) is 20.9 Å². The van der Waals surface area contributed by atoms with Gasteiger partial charge >= 0.3 is 5.97 Å². The van der Waals surface area contributed by atoms with Crippen LogP contribution < -0.4 is 5.56 Å². The summed E-state index contributed by atoms with van der Waals surface area (Å²) in [5.41, 5.74) is 0.453. The van der Waals surface area contributed by atoms with Crippen molar-refractivity contribution in [2.24, 2.45) is 0 Å². The van der Waals surface area contributed by atoms with E-state index in [1.165, 1.54) is 12.1 Å². The number of aromatic nitrogens is 2. The molecule has 98 valence electrons. The van der Waals surface area contributed by atoms with Crippen LogP contribution in [0.2, 0.25) is 0 Å². The summed E-state index contributed by atoms with van der Waals surface area (Å²) in [7, 11) is 0. The zero-order valence-electron chi connectivity index (χ0n) is 10.1. The SMILES string of the molecule is Cc1ccc(=O)n(Cc2ccc(F)cc2C(=O)O)n1. The van der Waals surface area contributed by atoms with Gasteiger partial charge in [-0.1, -0.05) is 6.07 Å². The molecule has 0 aliphatic rings. The first-order valence-corrected chi connectivity index (χ1v) is 5.54. The Bertz CT molecular complexity index is 695. The molecular weight excluding hydrogens is 251 g/mol. The highest BCUT2D eigenvalue weighted by molar-refractivity contribution is 5.89. The minimum Gasteiger partial charge on any atom is -0.478 e. The molecule has 1 N–H and O–H groups in total. The Morgan fingerprint density at radius 1 is 1.37 bits per heavy atom. The fourth-order valence-electron chi connectivity index (χ4n) is 1.71. The van der Waals surface area contributed by atoms with Crippen molar-refractivity contribution in [1.82, 2.24) is 9.78 Å². The van der Waals surface area contributed by atoms with Crippen molar-refractivity contribution >= 4 is 5.97 Å². The number of carboxylic acids is 1. The first-order valence-electron chi connectivity index (χ1n) is 5.54. The minimum absolute atomic E-state index is 0.0115. The Hall–Kier alpha value is -2.50. The predicted molar refractivity (Wildman–Crippen MR) is 65.7 cm³/mol. The van der Waals surface area contributed by atoms with E-state index >= 15 is 0 Å². The first-order chi connectivity index (χ1) is 8.97. The van der Waals surface area contributed by atoms with Crippen LogP contribution in [0.25, 0.3) is 0 Å². The summed E-state index contributed by atoms with van der Waals surface area (Å²) in [6.45, 7) is 1.71. The Balaban J connectivity index is 2.46. The Morgan fingerprint density at radius 3 is 2.79 bits per heavy atom. The third-order valence-corrected chi connectivity index (χ3v) is 2.62. The van der Waals surface area contributed by atoms with Gasteiger partial charge in [0.15, 0.2) is 0 Å². The van der Waals surface area contributed by atoms with Crippen LogP contribution >= 0.6 is 0 Å². The van der Waals surface area contributed by atoms with Crippen molar-refractivity contribution < 1.29 is 14.3 Å². The number of hydrogen-bond donors (Lipinski definition) is 1. The summed E-state index contributed by atoms with van der Waals surface area (Å²) in [5, 5.41) is 13.0. The molecule has 0 saturated heterocycles. The van der Waals surface area contributed by atoms with Crippen LogP contribution in [0.1, 0.15) is 21.6 Å². The quantitative estimate of drug-likeness (QED) is 0.908. The second-order valence-electron chi connectivity index (χ2n) is 4.08. The predicted octanol–water partition coefficient (Wildman–Crippen LogP) is 1.44. The fourth-order valence-corrected chi connectivity index (χ4v) is 1.71. The summed E-state index contributed by atoms with van der Waals surface area (Å²) in [6, 6.07) is 6.35. The molecule has 1 aromatic carbocycles. The van der Waals surface area contributed by atoms with Gasteiger partial charge < -0.3 is 5.11 Å². The number of carbonyl (C=O) groups is 1. The average molecular weight is 262 g/mol. The summed E-state index contributed by atoms with van der Waals surface area (Å²) in [6.07, 6.45) is 0. The fraction of sp³-hybridized carbons (Fsp3) is 0.154. The molecule has 1 heterocycles. The average Bonchev–Trinajstić information content (AvgIpc) is 2.35. The van der Waals surface area contributed by atoms with Crippen LogP contribution in [0, 0.1) is 12.7 Å². The lowest BCUT2D eigenvalue weighted by Gasteiger charge is -2.08. The van der Waals surface area contributed by atoms with Crippen molar-refractivity contribution in [2.45, 2.75) is 13.5 Å². The molecule has 6 heteroatoms. The first kappa shape index (κ1) is 12.9. The molecule has 5 nitrogen and oxygen atoms in total. The van der Waals surface area contributed by atoms with Crippen molar-refractivity contribution in [2.75, 3.05) is 0 Å². The van der Waals surface area contributed by atoms with Crippen LogP contribution in [0.3, 0.4) is 0 Å². The van der Waals surface area contributed by atoms with Crippen LogP contribution in [0.15, 0.2) is 35.1 Å². The van der Waals surface area contributed by atoms with Gasteiger partial charge in [0, 0.05) is 6.07 Å². The molecule has 0 atom stereocenters. The molecule has 19 heavy (non-hydrogen) atoms. The van der Waals surface area contributed by atoms with Crippen molar-refractivity contribution in [1.29, 1.82) is 0 Å². The largest absolute Gasteiger partial charge is 0.478 e. The number of aryl methyl sites for hydroxylation is 1. The molecule has 1 aromatic heterocycles. The summed E-state index contributed by atoms with van der Waals surface area (Å²) < 4.78 is 14.2. The molecule has 0 fully saturated rings. The van der Waals surface area contributed by atoms with Gasteiger partial charge in [0.25, 0.3) is 5.56 Å². The van der Waals surface area contributed by atoms with Crippen LogP contribution in [-0.2, 0) is 6.54 Å². The summed E-state index contributed by atoms with van der Waals surface area (Å²) in [5.74, 6) is -1.87. The van der Waals surface area contributed by atoms with Gasteiger partial charge in [-0.05, 0) is 30.7 Å². The highest BCUT2D eigenvalue weighted by atomic mass is 19.1. The molecule has 0 amide bonds. The lowest BCUT2D eigenvalue weighted by Crippen LogP contribution is -2.24. The van der Waals surface area contributed by atoms with E-state index in [1.54, 1.807) is 13.0 Å². The van der Waals surface area contributed by atoms with E-state index in [4.69, 9.17) is 5.11 Å². The maximum atomic E-state index is 13.0. The molecule has 2 aromatic rings. The summed E-state index contributed by atoms with van der Waals surface area (Å²) in [4.78, 5) is 22.6. The lowest BCUT2D eigenvalue weighted by molar-refractivity contribution is 0.0695. The maximum Gasteiger partial charge on any atom is 0.336 e. The Morgan fingerprint density at radius 2 is 2.11 bits per heavy atom. The number of carboxylic acid groups (broad SMARTS) is 1. The van der Waals surface area contributed by atoms with Gasteiger partial charge in [0.05, 0.1) is 17.8 Å². The van der Waals surface area contributed by atoms with Crippen molar-refractivity contribution in [3.8, 4) is 0 Å². The van der Waals surface area contributed by atoms with E-state index in [1.807, 2.05) is 0 Å². The van der Waals surface area contributed by atoms with E-state index < -0.39 is 11.8 Å². The number of aromatic carboxylic acids is 1. The molecular formula is C13H11FN2O3. The normalized spacial score (nSPS) is 10.4. The van der Waals surface area contributed by atoms with E-state index in [0.29, 0.717) is 11.3 Å². The maximum absolute atomic E-state index is 13.0. The molecule has 2 rings (SSSR count). The van der Waals surface area contributed by atoms with Crippen molar-refractivity contribution in [3.05, 3.63) is 63.3 Å². The van der Waals surface area contributed by atoms with Gasteiger partial charge in [-0.15, -0.1) is 0 Å². The highest BCUT2D eigenvalue weighted by Crippen LogP contribution is 2.12. The van der Waals surface area contributed by atoms with Crippen LogP contribution in [0.4, 0.5) is 4.39 Å². The molecule has 0 saturated carbocycles. The van der Waals surface area contributed by atoms with Gasteiger partial charge in [-0.2, -0.15) is 5.10 Å². The Kier molecular flexibility index (Phi) is 3.41. The van der Waals surface area contributed by atoms with E-state index in [0.717, 1.165) is 16.8 Å². The minimum atomic E-state index is -1.24. The zero-order chi connectivity index (χ0) is 14.0. The number of nitrogens with zero attached hydrogens (tertiary/aromatic N) is 2. The standard InChI is InChI=1S/C13H11FN2O3/c1-8-2-5-12(17)16(15-8)7-9-3-4-10(14)6-11(9)13(18)19/h2-6H,7H2,1H3,(H,18,19). The van der Waals surface area contributed by atoms with Gasteiger partial charge in [-0.3, -0.25) is 4.79 Å². The Labute approximate surface area is 107 Å². The third-order valence-electron chi connectivity index (χ3n) is 2.62. The van der Waals surface area contributed by atoms with Gasteiger partial charge in [-0.25, -0.2) is 13.9 Å². The third kappa shape index (κ3) is 2.85. The van der Waals surface area contributed by atoms with Gasteiger partial charge in [0.2, 0.25) is 0 Å². The van der Waals surface area contributed by atoms with Crippen molar-refractivity contribution in [3.63, 3.8) is 0 Å². The molecule has 0 aliphatic heterocycles. The smallest absolute Gasteiger partial charge is 0.336 e. The van der Waals surface area contributed by atoms with E-state index in [2.05, 4.69) is 5.10 Å². The van der Waals surface area contributed by atoms with E-state index in [9.17, 15) is 14.0 Å². The monoisotopic (exact) mass is 262 g/mol. The lowest BCUT2D eigenvalue weighted by atomic mass is 10.1. The summed E-state index contributed by atoms with van der Waals surface area (Å²) >= 11 is 0. The topological polar surface area (TPSA) is 72.2 Å². The molecule has 0 spiro atoms. The van der Waals surface area contributed by atoms with E-state index in [-0.39, 0.29) is 17.7 Å². The second kappa shape index (κ2) is 5.01. The van der Waals surface area contributed by atoms with Gasteiger partial charge in [0.1, 0.15) is 5.82 Å². The van der Waals surface area contributed by atoms with Crippen LogP contribution in [0.5, 0.6) is 0 Å². The number of benzene rings is 1. The highest BCUT2D eigenvalue weighted by Gasteiger charge is 2.12. The number of rotatable bonds is 3. The molecule has 0 unspecified atom stereocenters. The molecule has 0 aliphatic carbocycles. The molecule has 0 bridgehead atoms. The second-order valence-corrected chi connectivity index (χ2v) is 4.08. The number of halogens is 1. The number of hydrogen-bond acceptors (Lipinski definition) is 3. The molecule has 0 radical (unpaired) electrons. The zero-order valence-corrected chi connectivity index (χ0v) is 10.1.